The van der Waals surface area contributed by atoms with Crippen molar-refractivity contribution in [3.63, 3.8) is 0 Å². The molecule has 3 amide bonds. The molecule has 192 valence electrons. The van der Waals surface area contributed by atoms with Gasteiger partial charge in [-0.3, -0.25) is 4.79 Å². The second-order valence-electron chi connectivity index (χ2n) is 9.85. The van der Waals surface area contributed by atoms with Crippen LogP contribution in [0.3, 0.4) is 0 Å². The quantitative estimate of drug-likeness (QED) is 0.468. The number of carbonyl (C=O) groups excluding carboxylic acids is 2. The number of urea groups is 1. The van der Waals surface area contributed by atoms with Crippen LogP contribution < -0.4 is 20.7 Å². The highest BCUT2D eigenvalue weighted by Gasteiger charge is 2.46. The monoisotopic (exact) mass is 497 g/mol. The van der Waals surface area contributed by atoms with E-state index in [2.05, 4.69) is 16.0 Å². The van der Waals surface area contributed by atoms with Gasteiger partial charge >= 0.3 is 6.03 Å². The molecule has 2 aromatic rings. The van der Waals surface area contributed by atoms with E-state index in [-0.39, 0.29) is 55.4 Å². The van der Waals surface area contributed by atoms with Gasteiger partial charge in [0.15, 0.2) is 0 Å². The molecule has 8 nitrogen and oxygen atoms in total. The fourth-order valence-electron chi connectivity index (χ4n) is 5.52. The Morgan fingerprint density at radius 3 is 2.72 bits per heavy atom. The van der Waals surface area contributed by atoms with E-state index in [1.807, 2.05) is 12.1 Å². The number of benzene rings is 2. The number of anilines is 1. The summed E-state index contributed by atoms with van der Waals surface area (Å²) in [5, 5.41) is 18.7. The van der Waals surface area contributed by atoms with Gasteiger partial charge in [-0.15, -0.1) is 0 Å². The summed E-state index contributed by atoms with van der Waals surface area (Å²) in [6, 6.07) is 11.6. The maximum absolute atomic E-state index is 13.4. The van der Waals surface area contributed by atoms with Gasteiger partial charge in [0, 0.05) is 29.8 Å². The summed E-state index contributed by atoms with van der Waals surface area (Å²) < 4.78 is 25.5. The number of hydrogen-bond acceptors (Lipinski definition) is 5. The first-order valence-electron chi connectivity index (χ1n) is 12.6. The van der Waals surface area contributed by atoms with Gasteiger partial charge in [-0.2, -0.15) is 0 Å². The average Bonchev–Trinajstić information content (AvgIpc) is 3.50. The summed E-state index contributed by atoms with van der Waals surface area (Å²) in [6.07, 6.45) is 3.62. The van der Waals surface area contributed by atoms with Crippen molar-refractivity contribution in [2.24, 2.45) is 0 Å². The van der Waals surface area contributed by atoms with E-state index in [0.29, 0.717) is 23.4 Å². The Morgan fingerprint density at radius 2 is 1.94 bits per heavy atom. The van der Waals surface area contributed by atoms with Gasteiger partial charge in [0.25, 0.3) is 0 Å². The van der Waals surface area contributed by atoms with E-state index >= 15 is 0 Å². The lowest BCUT2D eigenvalue weighted by Crippen LogP contribution is -2.47. The molecule has 2 aliphatic heterocycles. The number of amides is 3. The molecule has 0 bridgehead atoms. The Kier molecular flexibility index (Phi) is 7.38. The summed E-state index contributed by atoms with van der Waals surface area (Å²) >= 11 is 0. The van der Waals surface area contributed by atoms with Crippen molar-refractivity contribution in [3.8, 4) is 5.75 Å². The highest BCUT2D eigenvalue weighted by molar-refractivity contribution is 5.89. The minimum absolute atomic E-state index is 0.0773. The molecular weight excluding hydrogens is 465 g/mol. The van der Waals surface area contributed by atoms with Crippen LogP contribution in [-0.2, 0) is 16.1 Å². The number of carbonyl (C=O) groups is 2. The fourth-order valence-corrected chi connectivity index (χ4v) is 5.52. The minimum atomic E-state index is -0.570. The third kappa shape index (κ3) is 5.63. The van der Waals surface area contributed by atoms with Crippen LogP contribution in [0.15, 0.2) is 42.5 Å². The van der Waals surface area contributed by atoms with Gasteiger partial charge in [-0.1, -0.05) is 25.0 Å². The van der Waals surface area contributed by atoms with Gasteiger partial charge in [0.2, 0.25) is 5.91 Å². The van der Waals surface area contributed by atoms with Crippen molar-refractivity contribution in [2.45, 2.75) is 75.3 Å². The molecule has 2 fully saturated rings. The molecule has 1 saturated carbocycles. The van der Waals surface area contributed by atoms with E-state index in [1.54, 1.807) is 18.2 Å². The second kappa shape index (κ2) is 10.8. The molecule has 0 aromatic heterocycles. The molecule has 0 spiro atoms. The molecule has 4 N–H and O–H groups in total. The van der Waals surface area contributed by atoms with Crippen LogP contribution >= 0.6 is 0 Å². The fraction of sp³-hybridized carbons (Fsp3) is 0.481. The lowest BCUT2D eigenvalue weighted by molar-refractivity contribution is -0.142. The van der Waals surface area contributed by atoms with E-state index < -0.39 is 12.2 Å². The van der Waals surface area contributed by atoms with Crippen LogP contribution in [0.2, 0.25) is 0 Å². The number of hydrogen-bond donors (Lipinski definition) is 4. The highest BCUT2D eigenvalue weighted by atomic mass is 19.1. The van der Waals surface area contributed by atoms with Gasteiger partial charge in [-0.25, -0.2) is 9.18 Å². The first-order valence-corrected chi connectivity index (χ1v) is 12.6. The maximum Gasteiger partial charge on any atom is 0.319 e. The van der Waals surface area contributed by atoms with Gasteiger partial charge in [0.05, 0.1) is 19.1 Å². The Bertz CT molecular complexity index is 1110. The summed E-state index contributed by atoms with van der Waals surface area (Å²) in [4.78, 5) is 25.0. The van der Waals surface area contributed by atoms with Crippen molar-refractivity contribution < 1.29 is 28.6 Å². The van der Waals surface area contributed by atoms with Crippen LogP contribution in [0.1, 0.15) is 55.6 Å². The number of fused-ring (bicyclic) bond motifs is 3. The molecule has 1 saturated heterocycles. The average molecular weight is 498 g/mol. The summed E-state index contributed by atoms with van der Waals surface area (Å²) in [6.45, 7) is -0.00579. The SMILES string of the molecule is O=C(C[C@H]1C[C@H]2c3cc(NC(=O)NC4CCCC4)ccc3O[C@H]2[C@@H](CO)O1)NCc1cccc(F)c1. The Labute approximate surface area is 209 Å². The zero-order valence-electron chi connectivity index (χ0n) is 20.0. The molecule has 1 aliphatic carbocycles. The molecule has 3 aliphatic rings. The Balaban J connectivity index is 1.22. The summed E-state index contributed by atoms with van der Waals surface area (Å²) in [5.41, 5.74) is 2.28. The number of rotatable bonds is 7. The second-order valence-corrected chi connectivity index (χ2v) is 9.85. The zero-order valence-corrected chi connectivity index (χ0v) is 20.0. The van der Waals surface area contributed by atoms with Crippen LogP contribution in [0.4, 0.5) is 14.9 Å². The van der Waals surface area contributed by atoms with Gasteiger partial charge < -0.3 is 30.5 Å². The molecule has 5 rings (SSSR count). The predicted octanol–water partition coefficient (Wildman–Crippen LogP) is 3.59. The molecule has 0 unspecified atom stereocenters. The van der Waals surface area contributed by atoms with Gasteiger partial charge in [0.1, 0.15) is 23.8 Å². The summed E-state index contributed by atoms with van der Waals surface area (Å²) in [7, 11) is 0. The molecule has 9 heteroatoms. The van der Waals surface area contributed by atoms with Crippen LogP contribution in [0.25, 0.3) is 0 Å². The first-order chi connectivity index (χ1) is 17.5. The van der Waals surface area contributed by atoms with E-state index in [9.17, 15) is 19.1 Å². The third-order valence-corrected chi connectivity index (χ3v) is 7.24. The number of halogens is 1. The van der Waals surface area contributed by atoms with Crippen LogP contribution in [0, 0.1) is 5.82 Å². The maximum atomic E-state index is 13.4. The van der Waals surface area contributed by atoms with E-state index in [1.165, 1.54) is 12.1 Å². The lowest BCUT2D eigenvalue weighted by Gasteiger charge is -2.37. The first kappa shape index (κ1) is 24.5. The van der Waals surface area contributed by atoms with Crippen molar-refractivity contribution in [1.29, 1.82) is 0 Å². The van der Waals surface area contributed by atoms with E-state index in [0.717, 1.165) is 31.2 Å². The van der Waals surface area contributed by atoms with Crippen LogP contribution in [0.5, 0.6) is 5.75 Å². The number of aliphatic hydroxyl groups excluding tert-OH is 1. The molecule has 36 heavy (non-hydrogen) atoms. The minimum Gasteiger partial charge on any atom is -0.487 e. The van der Waals surface area contributed by atoms with Crippen LogP contribution in [-0.4, -0.2) is 48.0 Å². The molecular formula is C27H32FN3O5. The lowest BCUT2D eigenvalue weighted by atomic mass is 9.84. The Morgan fingerprint density at radius 1 is 1.11 bits per heavy atom. The molecule has 2 heterocycles. The smallest absolute Gasteiger partial charge is 0.319 e. The third-order valence-electron chi connectivity index (χ3n) is 7.24. The number of ether oxygens (including phenoxy) is 2. The standard InChI is InChI=1S/C27H32FN3O5/c28-17-5-3-4-16(10-17)14-29-25(33)13-20-12-22-21-11-19(31-27(34)30-18-6-1-2-7-18)8-9-23(21)36-26(22)24(15-32)35-20/h3-5,8-11,18,20,22,24,26,32H,1-2,6-7,12-15H2,(H,29,33)(H2,30,31,34)/t20-,22+,24-,26-/m1/s1. The van der Waals surface area contributed by atoms with Crippen molar-refractivity contribution >= 4 is 17.6 Å². The topological polar surface area (TPSA) is 109 Å². The van der Waals surface area contributed by atoms with E-state index in [4.69, 9.17) is 9.47 Å². The van der Waals surface area contributed by atoms with Crippen molar-refractivity contribution in [1.82, 2.24) is 10.6 Å². The highest BCUT2D eigenvalue weighted by Crippen LogP contribution is 2.47. The normalized spacial score (nSPS) is 24.9. The Hall–Kier alpha value is -3.17. The molecule has 2 aromatic carbocycles. The number of aliphatic hydroxyl groups is 1. The largest absolute Gasteiger partial charge is 0.487 e. The predicted molar refractivity (Wildman–Crippen MR) is 131 cm³/mol. The van der Waals surface area contributed by atoms with Crippen molar-refractivity contribution in [3.05, 3.63) is 59.4 Å². The zero-order chi connectivity index (χ0) is 25.1. The number of nitrogens with one attached hydrogen (secondary N) is 3. The van der Waals surface area contributed by atoms with Gasteiger partial charge in [-0.05, 0) is 55.2 Å². The molecule has 0 radical (unpaired) electrons. The summed E-state index contributed by atoms with van der Waals surface area (Å²) in [5.74, 6) is 0.0630. The van der Waals surface area contributed by atoms with Crippen molar-refractivity contribution in [2.75, 3.05) is 11.9 Å². The molecule has 4 atom stereocenters.